The standard InChI is InChI=1S/C62H50N4O4/c1-67-53-23-11-19-47(37-53)63(48-20-12-24-54(38-48)68-2)51-33-35-61-58(41-51)59-42-52(64(49-21-13-25-55(39-49)69-3)50-22-14-26-56(40-50)70-4)34-36-62(59)66(61)46-31-29-45(30-32-46)65(44-17-6-5-7-18-44)60-28-10-16-43-15-8-9-27-57(43)60/h5-42H,1-4H3. The average molecular weight is 915 g/mol. The Hall–Kier alpha value is -9.14. The maximum Gasteiger partial charge on any atom is 0.120 e. The van der Waals surface area contributed by atoms with Crippen molar-refractivity contribution in [2.24, 2.45) is 0 Å². The van der Waals surface area contributed by atoms with E-state index in [-0.39, 0.29) is 0 Å². The zero-order chi connectivity index (χ0) is 47.6. The second kappa shape index (κ2) is 18.9. The van der Waals surface area contributed by atoms with Gasteiger partial charge in [0.25, 0.3) is 0 Å². The van der Waals surface area contributed by atoms with Crippen LogP contribution in [0.3, 0.4) is 0 Å². The molecule has 0 atom stereocenters. The largest absolute Gasteiger partial charge is 0.497 e. The highest BCUT2D eigenvalue weighted by molar-refractivity contribution is 6.12. The van der Waals surface area contributed by atoms with Crippen LogP contribution in [0.5, 0.6) is 23.0 Å². The first kappa shape index (κ1) is 43.4. The van der Waals surface area contributed by atoms with Gasteiger partial charge in [0, 0.05) is 91.6 Å². The first-order valence-electron chi connectivity index (χ1n) is 23.2. The van der Waals surface area contributed by atoms with E-state index in [0.717, 1.165) is 102 Å². The molecule has 10 aromatic carbocycles. The van der Waals surface area contributed by atoms with Gasteiger partial charge in [-0.25, -0.2) is 0 Å². The molecule has 0 unspecified atom stereocenters. The molecule has 70 heavy (non-hydrogen) atoms. The van der Waals surface area contributed by atoms with Crippen molar-refractivity contribution in [2.75, 3.05) is 43.1 Å². The Morgan fingerprint density at radius 2 is 0.657 bits per heavy atom. The maximum absolute atomic E-state index is 5.75. The van der Waals surface area contributed by atoms with E-state index in [1.807, 2.05) is 48.5 Å². The number of benzene rings is 10. The monoisotopic (exact) mass is 914 g/mol. The predicted octanol–water partition coefficient (Wildman–Crippen LogP) is 16.4. The molecule has 0 fully saturated rings. The summed E-state index contributed by atoms with van der Waals surface area (Å²) in [7, 11) is 6.79. The van der Waals surface area contributed by atoms with Gasteiger partial charge < -0.3 is 38.2 Å². The van der Waals surface area contributed by atoms with E-state index in [4.69, 9.17) is 18.9 Å². The van der Waals surface area contributed by atoms with E-state index in [9.17, 15) is 0 Å². The molecular formula is C62H50N4O4. The molecule has 11 aromatic rings. The van der Waals surface area contributed by atoms with Crippen molar-refractivity contribution in [1.82, 2.24) is 4.57 Å². The Labute approximate surface area is 407 Å². The third-order valence-corrected chi connectivity index (χ3v) is 12.9. The number of hydrogen-bond acceptors (Lipinski definition) is 7. The molecule has 0 saturated carbocycles. The first-order valence-corrected chi connectivity index (χ1v) is 23.2. The highest BCUT2D eigenvalue weighted by atomic mass is 16.5. The average Bonchev–Trinajstić information content (AvgIpc) is 3.75. The first-order chi connectivity index (χ1) is 34.5. The third-order valence-electron chi connectivity index (χ3n) is 12.9. The molecule has 8 nitrogen and oxygen atoms in total. The van der Waals surface area contributed by atoms with Gasteiger partial charge in [-0.05, 0) is 133 Å². The summed E-state index contributed by atoms with van der Waals surface area (Å²) in [5.74, 6) is 3.05. The van der Waals surface area contributed by atoms with Crippen LogP contribution >= 0.6 is 0 Å². The molecular weight excluding hydrogens is 865 g/mol. The van der Waals surface area contributed by atoms with Crippen LogP contribution in [0.4, 0.5) is 51.2 Å². The molecule has 0 bridgehead atoms. The Balaban J connectivity index is 1.13. The number of anilines is 9. The maximum atomic E-state index is 5.75. The lowest BCUT2D eigenvalue weighted by molar-refractivity contribution is 0.414. The summed E-state index contributed by atoms with van der Waals surface area (Å²) in [5, 5.41) is 4.52. The van der Waals surface area contributed by atoms with Gasteiger partial charge in [-0.3, -0.25) is 0 Å². The number of para-hydroxylation sites is 1. The molecule has 1 heterocycles. The van der Waals surface area contributed by atoms with Crippen molar-refractivity contribution in [3.63, 3.8) is 0 Å². The van der Waals surface area contributed by atoms with Crippen LogP contribution in [0.1, 0.15) is 0 Å². The zero-order valence-electron chi connectivity index (χ0n) is 39.4. The van der Waals surface area contributed by atoms with Crippen molar-refractivity contribution < 1.29 is 18.9 Å². The molecule has 1 aromatic heterocycles. The summed E-state index contributed by atoms with van der Waals surface area (Å²) < 4.78 is 25.4. The molecule has 342 valence electrons. The van der Waals surface area contributed by atoms with Gasteiger partial charge in [0.05, 0.1) is 45.2 Å². The molecule has 11 rings (SSSR count). The van der Waals surface area contributed by atoms with E-state index in [0.29, 0.717) is 0 Å². The second-order valence-electron chi connectivity index (χ2n) is 16.9. The van der Waals surface area contributed by atoms with Crippen LogP contribution < -0.4 is 33.6 Å². The van der Waals surface area contributed by atoms with Gasteiger partial charge in [0.15, 0.2) is 0 Å². The lowest BCUT2D eigenvalue weighted by atomic mass is 10.1. The van der Waals surface area contributed by atoms with Gasteiger partial charge in [0.1, 0.15) is 23.0 Å². The number of hydrogen-bond donors (Lipinski definition) is 0. The molecule has 0 saturated heterocycles. The summed E-state index contributed by atoms with van der Waals surface area (Å²) in [6, 6.07) is 80.6. The molecule has 0 aliphatic heterocycles. The van der Waals surface area contributed by atoms with Gasteiger partial charge in [-0.15, -0.1) is 0 Å². The Morgan fingerprint density at radius 3 is 1.13 bits per heavy atom. The van der Waals surface area contributed by atoms with E-state index in [1.165, 1.54) is 10.8 Å². The number of methoxy groups -OCH3 is 4. The number of fused-ring (bicyclic) bond motifs is 4. The number of aromatic nitrogens is 1. The normalized spacial score (nSPS) is 11.1. The Bertz CT molecular complexity index is 3390. The fraction of sp³-hybridized carbons (Fsp3) is 0.0645. The molecule has 0 amide bonds. The number of rotatable bonds is 14. The Kier molecular flexibility index (Phi) is 11.7. The van der Waals surface area contributed by atoms with Gasteiger partial charge in [-0.1, -0.05) is 78.9 Å². The summed E-state index contributed by atoms with van der Waals surface area (Å²) in [4.78, 5) is 6.83. The van der Waals surface area contributed by atoms with Gasteiger partial charge in [0.2, 0.25) is 0 Å². The summed E-state index contributed by atoms with van der Waals surface area (Å²) in [6.45, 7) is 0. The van der Waals surface area contributed by atoms with Crippen LogP contribution in [-0.4, -0.2) is 33.0 Å². The van der Waals surface area contributed by atoms with Crippen molar-refractivity contribution in [3.8, 4) is 28.7 Å². The molecule has 8 heteroatoms. The molecule has 0 aliphatic carbocycles. The van der Waals surface area contributed by atoms with Crippen LogP contribution in [0.25, 0.3) is 38.3 Å². The minimum Gasteiger partial charge on any atom is -0.497 e. The third kappa shape index (κ3) is 8.11. The fourth-order valence-corrected chi connectivity index (χ4v) is 9.61. The summed E-state index contributed by atoms with van der Waals surface area (Å²) in [5.41, 5.74) is 12.1. The van der Waals surface area contributed by atoms with E-state index in [2.05, 4.69) is 201 Å². The van der Waals surface area contributed by atoms with Gasteiger partial charge >= 0.3 is 0 Å². The quantitative estimate of drug-likeness (QED) is 0.108. The zero-order valence-corrected chi connectivity index (χ0v) is 39.4. The molecule has 0 spiro atoms. The topological polar surface area (TPSA) is 51.6 Å². The molecule has 0 N–H and O–H groups in total. The minimum atomic E-state index is 0.762. The van der Waals surface area contributed by atoms with Crippen molar-refractivity contribution in [1.29, 1.82) is 0 Å². The number of nitrogens with zero attached hydrogens (tertiary/aromatic N) is 4. The van der Waals surface area contributed by atoms with Crippen molar-refractivity contribution >= 4 is 83.8 Å². The van der Waals surface area contributed by atoms with Gasteiger partial charge in [-0.2, -0.15) is 0 Å². The van der Waals surface area contributed by atoms with Crippen molar-refractivity contribution in [3.05, 3.63) is 231 Å². The van der Waals surface area contributed by atoms with Crippen LogP contribution in [-0.2, 0) is 0 Å². The Morgan fingerprint density at radius 1 is 0.286 bits per heavy atom. The second-order valence-corrected chi connectivity index (χ2v) is 16.9. The summed E-state index contributed by atoms with van der Waals surface area (Å²) in [6.07, 6.45) is 0. The van der Waals surface area contributed by atoms with Crippen molar-refractivity contribution in [2.45, 2.75) is 0 Å². The van der Waals surface area contributed by atoms with Crippen LogP contribution in [0.15, 0.2) is 231 Å². The van der Waals surface area contributed by atoms with Crippen LogP contribution in [0, 0.1) is 0 Å². The lowest BCUT2D eigenvalue weighted by Crippen LogP contribution is -2.10. The molecule has 0 radical (unpaired) electrons. The lowest BCUT2D eigenvalue weighted by Gasteiger charge is -2.27. The van der Waals surface area contributed by atoms with E-state index < -0.39 is 0 Å². The smallest absolute Gasteiger partial charge is 0.120 e. The van der Waals surface area contributed by atoms with Crippen LogP contribution in [0.2, 0.25) is 0 Å². The SMILES string of the molecule is COc1cccc(N(c2cccc(OC)c2)c2ccc3c(c2)c2cc(N(c4cccc(OC)c4)c4cccc(OC)c4)ccc2n3-c2ccc(N(c3ccccc3)c3cccc4ccccc34)cc2)c1. The highest BCUT2D eigenvalue weighted by Crippen LogP contribution is 2.45. The van der Waals surface area contributed by atoms with E-state index in [1.54, 1.807) is 28.4 Å². The highest BCUT2D eigenvalue weighted by Gasteiger charge is 2.22. The fourth-order valence-electron chi connectivity index (χ4n) is 9.61. The molecule has 0 aliphatic rings. The summed E-state index contributed by atoms with van der Waals surface area (Å²) >= 11 is 0. The minimum absolute atomic E-state index is 0.762. The van der Waals surface area contributed by atoms with E-state index >= 15 is 0 Å². The number of ether oxygens (including phenoxy) is 4. The predicted molar refractivity (Wildman–Crippen MR) is 289 cm³/mol.